The van der Waals surface area contributed by atoms with Crippen molar-refractivity contribution in [2.45, 2.75) is 40.0 Å². The van der Waals surface area contributed by atoms with E-state index in [1.807, 2.05) is 6.08 Å². The predicted octanol–water partition coefficient (Wildman–Crippen LogP) is 3.60. The van der Waals surface area contributed by atoms with Crippen LogP contribution in [0.3, 0.4) is 0 Å². The minimum Gasteiger partial charge on any atom is -0.398 e. The summed E-state index contributed by atoms with van der Waals surface area (Å²) in [6.07, 6.45) is 4.96. The van der Waals surface area contributed by atoms with Crippen molar-refractivity contribution < 1.29 is 0 Å². The van der Waals surface area contributed by atoms with Gasteiger partial charge in [0.15, 0.2) is 0 Å². The van der Waals surface area contributed by atoms with Crippen LogP contribution in [-0.4, -0.2) is 0 Å². The summed E-state index contributed by atoms with van der Waals surface area (Å²) in [6.45, 7) is 10.4. The Kier molecular flexibility index (Phi) is 3.96. The van der Waals surface area contributed by atoms with Crippen molar-refractivity contribution in [2.24, 2.45) is 0 Å². The zero-order chi connectivity index (χ0) is 11.4. The summed E-state index contributed by atoms with van der Waals surface area (Å²) in [7, 11) is 0. The molecule has 0 aliphatic carbocycles. The molecule has 0 saturated heterocycles. The van der Waals surface area contributed by atoms with Gasteiger partial charge in [-0.15, -0.1) is 0 Å². The number of hydrogen-bond acceptors (Lipinski definition) is 1. The number of hydrogen-bond donors (Lipinski definition) is 1. The lowest BCUT2D eigenvalue weighted by atomic mass is 9.91. The molecule has 1 nitrogen and oxygen atoms in total. The molecule has 0 heterocycles. The van der Waals surface area contributed by atoms with Gasteiger partial charge in [-0.3, -0.25) is 0 Å². The van der Waals surface area contributed by atoms with Crippen LogP contribution in [-0.2, 0) is 19.3 Å². The normalized spacial score (nSPS) is 10.3. The Morgan fingerprint density at radius 2 is 1.73 bits per heavy atom. The summed E-state index contributed by atoms with van der Waals surface area (Å²) in [6, 6.07) is 2.18. The Balaban J connectivity index is 3.49. The zero-order valence-electron chi connectivity index (χ0n) is 10.1. The lowest BCUT2D eigenvalue weighted by molar-refractivity contribution is 1.02. The first-order chi connectivity index (χ1) is 7.19. The number of nitrogens with two attached hydrogens (primary N) is 1. The van der Waals surface area contributed by atoms with Crippen LogP contribution in [0.2, 0.25) is 0 Å². The molecule has 0 radical (unpaired) electrons. The van der Waals surface area contributed by atoms with Gasteiger partial charge in [0.2, 0.25) is 0 Å². The van der Waals surface area contributed by atoms with Crippen molar-refractivity contribution in [3.8, 4) is 0 Å². The van der Waals surface area contributed by atoms with Gasteiger partial charge in [0.25, 0.3) is 0 Å². The maximum atomic E-state index is 6.17. The highest BCUT2D eigenvalue weighted by Crippen LogP contribution is 2.28. The molecule has 15 heavy (non-hydrogen) atoms. The lowest BCUT2D eigenvalue weighted by Gasteiger charge is -2.16. The highest BCUT2D eigenvalue weighted by Gasteiger charge is 2.10. The number of rotatable bonds is 4. The standard InChI is InChI=1S/C14H21N/c1-5-10-9-11(6-2)14(15)13(8-4)12(10)7-3/h5,9H,1,6-8,15H2,2-4H3. The van der Waals surface area contributed by atoms with Gasteiger partial charge in [-0.05, 0) is 47.6 Å². The second kappa shape index (κ2) is 5.01. The molecule has 0 saturated carbocycles. The van der Waals surface area contributed by atoms with Crippen LogP contribution in [0, 0.1) is 0 Å². The van der Waals surface area contributed by atoms with E-state index in [0.717, 1.165) is 24.9 Å². The quantitative estimate of drug-likeness (QED) is 0.743. The fraction of sp³-hybridized carbons (Fsp3) is 0.429. The summed E-state index contributed by atoms with van der Waals surface area (Å²) < 4.78 is 0. The Hall–Kier alpha value is -1.24. The smallest absolute Gasteiger partial charge is 0.0382 e. The van der Waals surface area contributed by atoms with Crippen molar-refractivity contribution in [3.63, 3.8) is 0 Å². The Morgan fingerprint density at radius 1 is 1.13 bits per heavy atom. The van der Waals surface area contributed by atoms with Gasteiger partial charge in [-0.25, -0.2) is 0 Å². The van der Waals surface area contributed by atoms with Crippen LogP contribution in [0.15, 0.2) is 12.6 Å². The van der Waals surface area contributed by atoms with Crippen molar-refractivity contribution in [1.82, 2.24) is 0 Å². The van der Waals surface area contributed by atoms with Crippen molar-refractivity contribution in [1.29, 1.82) is 0 Å². The molecule has 2 N–H and O–H groups in total. The topological polar surface area (TPSA) is 26.0 Å². The molecule has 0 unspecified atom stereocenters. The van der Waals surface area contributed by atoms with E-state index in [1.165, 1.54) is 22.3 Å². The molecule has 0 aliphatic rings. The van der Waals surface area contributed by atoms with Crippen LogP contribution in [0.5, 0.6) is 0 Å². The largest absolute Gasteiger partial charge is 0.398 e. The summed E-state index contributed by atoms with van der Waals surface area (Å²) in [5.41, 5.74) is 12.3. The van der Waals surface area contributed by atoms with Crippen LogP contribution < -0.4 is 5.73 Å². The molecule has 0 fully saturated rings. The second-order valence-electron chi connectivity index (χ2n) is 3.76. The van der Waals surface area contributed by atoms with Gasteiger partial charge in [0, 0.05) is 5.69 Å². The molecule has 0 amide bonds. The number of nitrogen functional groups attached to an aromatic ring is 1. The van der Waals surface area contributed by atoms with Crippen molar-refractivity contribution in [2.75, 3.05) is 5.73 Å². The van der Waals surface area contributed by atoms with E-state index >= 15 is 0 Å². The second-order valence-corrected chi connectivity index (χ2v) is 3.76. The average Bonchev–Trinajstić information content (AvgIpc) is 2.28. The fourth-order valence-electron chi connectivity index (χ4n) is 2.18. The molecule has 0 aliphatic heterocycles. The van der Waals surface area contributed by atoms with Crippen LogP contribution in [0.1, 0.15) is 43.0 Å². The van der Waals surface area contributed by atoms with Gasteiger partial charge >= 0.3 is 0 Å². The van der Waals surface area contributed by atoms with E-state index in [9.17, 15) is 0 Å². The molecular formula is C14H21N. The van der Waals surface area contributed by atoms with Gasteiger partial charge in [0.1, 0.15) is 0 Å². The van der Waals surface area contributed by atoms with Gasteiger partial charge in [-0.1, -0.05) is 33.4 Å². The molecule has 0 spiro atoms. The predicted molar refractivity (Wildman–Crippen MR) is 69.1 cm³/mol. The number of aryl methyl sites for hydroxylation is 1. The van der Waals surface area contributed by atoms with Crippen LogP contribution in [0.25, 0.3) is 6.08 Å². The van der Waals surface area contributed by atoms with Crippen LogP contribution in [0.4, 0.5) is 5.69 Å². The SMILES string of the molecule is C=Cc1cc(CC)c(N)c(CC)c1CC. The summed E-state index contributed by atoms with van der Waals surface area (Å²) in [4.78, 5) is 0. The zero-order valence-corrected chi connectivity index (χ0v) is 10.1. The van der Waals surface area contributed by atoms with Gasteiger partial charge < -0.3 is 5.73 Å². The molecule has 1 aromatic rings. The van der Waals surface area contributed by atoms with Gasteiger partial charge in [-0.2, -0.15) is 0 Å². The molecule has 82 valence electrons. The lowest BCUT2D eigenvalue weighted by Crippen LogP contribution is -2.05. The highest BCUT2D eigenvalue weighted by molar-refractivity contribution is 5.66. The first-order valence-electron chi connectivity index (χ1n) is 5.74. The number of benzene rings is 1. The Labute approximate surface area is 93.0 Å². The summed E-state index contributed by atoms with van der Waals surface area (Å²) in [5.74, 6) is 0. The maximum absolute atomic E-state index is 6.17. The minimum atomic E-state index is 0.988. The maximum Gasteiger partial charge on any atom is 0.0382 e. The van der Waals surface area contributed by atoms with E-state index in [1.54, 1.807) is 0 Å². The van der Waals surface area contributed by atoms with E-state index in [4.69, 9.17) is 5.73 Å². The van der Waals surface area contributed by atoms with Gasteiger partial charge in [0.05, 0.1) is 0 Å². The molecular weight excluding hydrogens is 182 g/mol. The molecule has 0 aromatic heterocycles. The third kappa shape index (κ3) is 2.06. The van der Waals surface area contributed by atoms with Crippen molar-refractivity contribution >= 4 is 11.8 Å². The number of anilines is 1. The molecule has 1 rings (SSSR count). The van der Waals surface area contributed by atoms with Crippen molar-refractivity contribution in [3.05, 3.63) is 34.9 Å². The first-order valence-corrected chi connectivity index (χ1v) is 5.74. The van der Waals surface area contributed by atoms with E-state index in [0.29, 0.717) is 0 Å². The highest BCUT2D eigenvalue weighted by atomic mass is 14.6. The first kappa shape index (κ1) is 11.8. The molecule has 0 atom stereocenters. The fourth-order valence-corrected chi connectivity index (χ4v) is 2.18. The summed E-state index contributed by atoms with van der Waals surface area (Å²) >= 11 is 0. The summed E-state index contributed by atoms with van der Waals surface area (Å²) in [5, 5.41) is 0. The minimum absolute atomic E-state index is 0.988. The Morgan fingerprint density at radius 3 is 2.13 bits per heavy atom. The molecule has 1 heteroatoms. The third-order valence-corrected chi connectivity index (χ3v) is 3.02. The van der Waals surface area contributed by atoms with E-state index in [-0.39, 0.29) is 0 Å². The molecule has 1 aromatic carbocycles. The Bertz CT molecular complexity index is 364. The van der Waals surface area contributed by atoms with E-state index < -0.39 is 0 Å². The van der Waals surface area contributed by atoms with Crippen LogP contribution >= 0.6 is 0 Å². The van der Waals surface area contributed by atoms with E-state index in [2.05, 4.69) is 33.4 Å². The third-order valence-electron chi connectivity index (χ3n) is 3.02. The average molecular weight is 203 g/mol. The monoisotopic (exact) mass is 203 g/mol. The molecule has 0 bridgehead atoms.